The van der Waals surface area contributed by atoms with Crippen molar-refractivity contribution in [2.75, 3.05) is 27.4 Å². The molecule has 290 valence electrons. The molecule has 5 aromatic rings. The number of nitrogens with one attached hydrogen (secondary N) is 2. The summed E-state index contributed by atoms with van der Waals surface area (Å²) in [5.41, 5.74) is -1.55. The fourth-order valence-electron chi connectivity index (χ4n) is 4.98. The summed E-state index contributed by atoms with van der Waals surface area (Å²) in [5.74, 6) is -2.20. The Labute approximate surface area is 328 Å². The molecule has 5 rings (SSSR count). The van der Waals surface area contributed by atoms with E-state index in [4.69, 9.17) is 0 Å². The molecule has 0 aliphatic rings. The molecule has 0 saturated carbocycles. The van der Waals surface area contributed by atoms with E-state index in [1.54, 1.807) is 42.2 Å². The summed E-state index contributed by atoms with van der Waals surface area (Å²) in [6.45, 7) is 2.06. The second-order valence-electron chi connectivity index (χ2n) is 11.0. The third kappa shape index (κ3) is 9.50. The van der Waals surface area contributed by atoms with Gasteiger partial charge in [-0.05, 0) is 60.8 Å². The Morgan fingerprint density at radius 1 is 0.855 bits per heavy atom. The van der Waals surface area contributed by atoms with Gasteiger partial charge in [-0.15, -0.1) is 10.2 Å². The molecule has 1 aromatic heterocycles. The number of phenols is 1. The van der Waals surface area contributed by atoms with Crippen LogP contribution in [-0.2, 0) is 35.1 Å². The Hall–Kier alpha value is -4.89. The Balaban J connectivity index is 1.73. The summed E-state index contributed by atoms with van der Waals surface area (Å²) in [6, 6.07) is 13.1. The van der Waals surface area contributed by atoms with Crippen LogP contribution in [0.4, 0.5) is 40.3 Å². The van der Waals surface area contributed by atoms with Crippen LogP contribution in [0.5, 0.6) is 11.8 Å². The van der Waals surface area contributed by atoms with Crippen LogP contribution in [0, 0.1) is 0 Å². The van der Waals surface area contributed by atoms with Crippen LogP contribution in [-0.4, -0.2) is 86.7 Å². The summed E-state index contributed by atoms with van der Waals surface area (Å²) < 4.78 is 104. The number of rotatable bonds is 13. The number of para-hydroxylation sites is 1. The summed E-state index contributed by atoms with van der Waals surface area (Å²) in [4.78, 5) is 22.4. The highest BCUT2D eigenvalue weighted by Gasteiger charge is 2.27. The van der Waals surface area contributed by atoms with E-state index in [-0.39, 0.29) is 17.0 Å². The van der Waals surface area contributed by atoms with E-state index in [1.807, 2.05) is 0 Å². The van der Waals surface area contributed by atoms with Gasteiger partial charge in [-0.3, -0.25) is 18.5 Å². The molecule has 0 fully saturated rings. The van der Waals surface area contributed by atoms with Crippen molar-refractivity contribution in [2.24, 2.45) is 10.2 Å². The van der Waals surface area contributed by atoms with Crippen LogP contribution in [0.2, 0.25) is 0 Å². The van der Waals surface area contributed by atoms with Gasteiger partial charge in [0.05, 0.1) is 10.6 Å². The van der Waals surface area contributed by atoms with Gasteiger partial charge in [0, 0.05) is 28.6 Å². The molecule has 0 saturated heterocycles. The zero-order valence-electron chi connectivity index (χ0n) is 27.6. The maximum Gasteiger partial charge on any atom is 0.320 e. The molecule has 55 heavy (non-hydrogen) atoms. The predicted molar refractivity (Wildman–Crippen MR) is 205 cm³/mol. The van der Waals surface area contributed by atoms with Crippen LogP contribution in [0.15, 0.2) is 91.6 Å². The van der Waals surface area contributed by atoms with Gasteiger partial charge in [0.15, 0.2) is 5.75 Å². The van der Waals surface area contributed by atoms with Crippen molar-refractivity contribution in [3.63, 3.8) is 0 Å². The molecule has 4 aromatic carbocycles. The van der Waals surface area contributed by atoms with E-state index in [0.717, 1.165) is 30.3 Å². The number of aromatic hydroxyl groups is 2. The fourth-order valence-corrected chi connectivity index (χ4v) is 7.20. The molecular weight excluding hydrogens is 920 g/mol. The molecule has 0 spiro atoms. The number of hydrogen-bond donors (Lipinski definition) is 7. The van der Waals surface area contributed by atoms with Gasteiger partial charge >= 0.3 is 6.01 Å². The molecule has 1 atom stereocenters. The molecule has 1 heterocycles. The number of phenolic OH excluding ortho intramolecular Hbond substituents is 1. The van der Waals surface area contributed by atoms with Crippen molar-refractivity contribution in [1.82, 2.24) is 15.0 Å². The first-order chi connectivity index (χ1) is 25.7. The molecule has 25 heteroatoms. The summed E-state index contributed by atoms with van der Waals surface area (Å²) in [7, 11) is -15.4. The summed E-state index contributed by atoms with van der Waals surface area (Å²) in [5, 5.41) is 33.8. The van der Waals surface area contributed by atoms with Gasteiger partial charge < -0.3 is 25.7 Å². The van der Waals surface area contributed by atoms with Gasteiger partial charge in [-0.25, -0.2) is 0 Å². The second kappa shape index (κ2) is 16.1. The van der Waals surface area contributed by atoms with Gasteiger partial charge in [-0.1, -0.05) is 50.1 Å². The van der Waals surface area contributed by atoms with Gasteiger partial charge in [0.2, 0.25) is 17.8 Å². The van der Waals surface area contributed by atoms with Crippen LogP contribution in [0.1, 0.15) is 6.92 Å². The number of hydrogen-bond acceptors (Lipinski definition) is 16. The Kier molecular flexibility index (Phi) is 12.1. The Morgan fingerprint density at radius 3 is 2.13 bits per heavy atom. The van der Waals surface area contributed by atoms with E-state index in [1.165, 1.54) is 0 Å². The number of azo groups is 1. The summed E-state index contributed by atoms with van der Waals surface area (Å²) in [6.07, 6.45) is 0. The molecule has 0 bridgehead atoms. The van der Waals surface area contributed by atoms with Crippen LogP contribution in [0.25, 0.3) is 10.8 Å². The van der Waals surface area contributed by atoms with Crippen molar-refractivity contribution in [2.45, 2.75) is 26.4 Å². The lowest BCUT2D eigenvalue weighted by Gasteiger charge is -2.21. The number of nitrogens with zero attached hydrogens (tertiary/aromatic N) is 6. The number of alkyl halides is 2. The van der Waals surface area contributed by atoms with Crippen molar-refractivity contribution >= 4 is 119 Å². The number of amides is 1. The van der Waals surface area contributed by atoms with E-state index >= 15 is 0 Å². The first kappa shape index (κ1) is 41.3. The normalized spacial score (nSPS) is 12.8. The monoisotopic (exact) mass is 944 g/mol. The predicted octanol–water partition coefficient (Wildman–Crippen LogP) is 5.59. The summed E-state index contributed by atoms with van der Waals surface area (Å²) >= 11 is 6.25. The topological polar surface area (TPSA) is 311 Å². The molecule has 7 N–H and O–H groups in total. The molecule has 0 radical (unpaired) electrons. The minimum Gasteiger partial charge on any atom is -0.505 e. The molecule has 1 unspecified atom stereocenters. The number of anilines is 5. The lowest BCUT2D eigenvalue weighted by atomic mass is 10.1. The number of aromatic nitrogens is 3. The van der Waals surface area contributed by atoms with E-state index in [0.29, 0.717) is 18.3 Å². The van der Waals surface area contributed by atoms with Crippen LogP contribution < -0.4 is 15.5 Å². The highest BCUT2D eigenvalue weighted by atomic mass is 79.9. The van der Waals surface area contributed by atoms with Crippen molar-refractivity contribution in [3.05, 3.63) is 66.7 Å². The van der Waals surface area contributed by atoms with Gasteiger partial charge in [-0.2, -0.15) is 40.2 Å². The van der Waals surface area contributed by atoms with E-state index < -0.39 is 101 Å². The number of carbonyl (C=O) groups excluding carboxylic acids is 1. The molecule has 20 nitrogen and oxygen atoms in total. The number of benzene rings is 4. The quantitative estimate of drug-likeness (QED) is 0.0430. The number of fused-ring (bicyclic) bond motifs is 1. The number of carbonyl (C=O) groups is 1. The van der Waals surface area contributed by atoms with Gasteiger partial charge in [0.1, 0.15) is 26.0 Å². The SMILES string of the molecule is CCN(c1ccccc1)c1nc(O)nc(Nc2cc(S(=O)(=O)O)cc3cc(S(=O)(=O)O)c(N=Nc4cc(NC(=O)C(Br)CBr)ccc4S(=O)(=O)O)c(O)c23)n1. The van der Waals surface area contributed by atoms with Crippen LogP contribution in [0.3, 0.4) is 0 Å². The lowest BCUT2D eigenvalue weighted by Crippen LogP contribution is -2.23. The highest BCUT2D eigenvalue weighted by Crippen LogP contribution is 2.46. The minimum absolute atomic E-state index is 0.0485. The molecule has 1 amide bonds. The third-order valence-electron chi connectivity index (χ3n) is 7.37. The molecule has 0 aliphatic heterocycles. The minimum atomic E-state index is -5.35. The van der Waals surface area contributed by atoms with Crippen molar-refractivity contribution in [3.8, 4) is 11.8 Å². The average Bonchev–Trinajstić information content (AvgIpc) is 3.09. The van der Waals surface area contributed by atoms with E-state index in [9.17, 15) is 53.9 Å². The zero-order valence-corrected chi connectivity index (χ0v) is 33.2. The molecule has 0 aliphatic carbocycles. The van der Waals surface area contributed by atoms with Crippen molar-refractivity contribution < 1.29 is 53.9 Å². The second-order valence-corrected chi connectivity index (χ2v) is 17.0. The molecular formula is C30H26Br2N8O12S3. The Bertz CT molecular complexity index is 2690. The smallest absolute Gasteiger partial charge is 0.320 e. The maximum absolute atomic E-state index is 12.6. The van der Waals surface area contributed by atoms with Crippen molar-refractivity contribution in [1.29, 1.82) is 0 Å². The lowest BCUT2D eigenvalue weighted by molar-refractivity contribution is -0.115. The van der Waals surface area contributed by atoms with Crippen LogP contribution >= 0.6 is 31.9 Å². The third-order valence-corrected chi connectivity index (χ3v) is 12.2. The highest BCUT2D eigenvalue weighted by molar-refractivity contribution is 9.12. The first-order valence-corrected chi connectivity index (χ1v) is 21.4. The number of halogens is 2. The standard InChI is InChI=1S/C30H26Br2N8O12S3/c1-2-40(17-6-4-3-5-7-17)29-35-28(36-30(43)37-29)34-21-13-18(53(44,45)46)10-15-11-23(55(50,51)52)25(26(41)24(15)21)39-38-20-12-16(33-27(42)19(32)14-31)8-9-22(20)54(47,48)49/h3-13,19,41H,2,14H2,1H3,(H,33,42)(H,44,45,46)(H,47,48,49)(H,50,51,52)(H2,34,35,36,37,43). The van der Waals surface area contributed by atoms with Gasteiger partial charge in [0.25, 0.3) is 30.4 Å². The van der Waals surface area contributed by atoms with E-state index in [2.05, 4.69) is 67.7 Å². The fraction of sp³-hybridized carbons (Fsp3) is 0.133. The first-order valence-electron chi connectivity index (χ1n) is 15.1. The average molecular weight is 947 g/mol. The zero-order chi connectivity index (χ0) is 40.5. The maximum atomic E-state index is 12.6. The Morgan fingerprint density at radius 2 is 1.53 bits per heavy atom. The largest absolute Gasteiger partial charge is 0.505 e.